The maximum atomic E-state index is 11.9. The van der Waals surface area contributed by atoms with Gasteiger partial charge in [0.1, 0.15) is 0 Å². The van der Waals surface area contributed by atoms with Crippen molar-refractivity contribution in [1.82, 2.24) is 4.90 Å². The van der Waals surface area contributed by atoms with Crippen LogP contribution in [0.15, 0.2) is 0 Å². The molecule has 1 fully saturated rings. The van der Waals surface area contributed by atoms with Crippen molar-refractivity contribution >= 4 is 0 Å². The summed E-state index contributed by atoms with van der Waals surface area (Å²) < 4.78 is 35.8. The highest BCUT2D eigenvalue weighted by molar-refractivity contribution is 4.77. The lowest BCUT2D eigenvalue weighted by atomic mass is 10.3. The average Bonchev–Trinajstić information content (AvgIpc) is 2.67. The maximum absolute atomic E-state index is 11.9. The van der Waals surface area contributed by atoms with Crippen LogP contribution in [0, 0.1) is 5.92 Å². The molecule has 0 amide bonds. The molecule has 1 aliphatic carbocycles. The second kappa shape index (κ2) is 3.64. The Morgan fingerprint density at radius 1 is 1.33 bits per heavy atom. The maximum Gasteiger partial charge on any atom is 0.401 e. The van der Waals surface area contributed by atoms with Crippen molar-refractivity contribution in [3.8, 4) is 0 Å². The lowest BCUT2D eigenvalue weighted by Gasteiger charge is -2.21. The van der Waals surface area contributed by atoms with Crippen molar-refractivity contribution in [2.45, 2.75) is 25.9 Å². The summed E-state index contributed by atoms with van der Waals surface area (Å²) in [6.07, 6.45) is -1.83. The lowest BCUT2D eigenvalue weighted by Crippen LogP contribution is -2.35. The number of halogens is 3. The second-order valence-electron chi connectivity index (χ2n) is 3.39. The SMILES string of the molecule is CCN(CC1CC1)CC(F)(F)F. The van der Waals surface area contributed by atoms with Crippen LogP contribution < -0.4 is 0 Å². The first kappa shape index (κ1) is 9.84. The summed E-state index contributed by atoms with van der Waals surface area (Å²) in [7, 11) is 0. The van der Waals surface area contributed by atoms with Crippen LogP contribution >= 0.6 is 0 Å². The van der Waals surface area contributed by atoms with E-state index in [0.717, 1.165) is 12.8 Å². The fraction of sp³-hybridized carbons (Fsp3) is 1.00. The van der Waals surface area contributed by atoms with Crippen molar-refractivity contribution in [3.63, 3.8) is 0 Å². The van der Waals surface area contributed by atoms with Gasteiger partial charge in [0.25, 0.3) is 0 Å². The van der Waals surface area contributed by atoms with E-state index >= 15 is 0 Å². The van der Waals surface area contributed by atoms with Gasteiger partial charge in [-0.3, -0.25) is 4.90 Å². The molecule has 1 rings (SSSR count). The van der Waals surface area contributed by atoms with Crippen molar-refractivity contribution in [1.29, 1.82) is 0 Å². The van der Waals surface area contributed by atoms with Crippen LogP contribution in [-0.4, -0.2) is 30.7 Å². The molecular weight excluding hydrogens is 167 g/mol. The van der Waals surface area contributed by atoms with E-state index in [9.17, 15) is 13.2 Å². The van der Waals surface area contributed by atoms with E-state index in [2.05, 4.69) is 0 Å². The number of hydrogen-bond donors (Lipinski definition) is 0. The molecule has 4 heteroatoms. The van der Waals surface area contributed by atoms with Gasteiger partial charge in [-0.25, -0.2) is 0 Å². The van der Waals surface area contributed by atoms with Crippen molar-refractivity contribution in [3.05, 3.63) is 0 Å². The zero-order valence-electron chi connectivity index (χ0n) is 7.19. The third-order valence-corrected chi connectivity index (χ3v) is 2.06. The first-order valence-corrected chi connectivity index (χ1v) is 4.30. The first-order valence-electron chi connectivity index (χ1n) is 4.30. The Labute approximate surface area is 70.5 Å². The smallest absolute Gasteiger partial charge is 0.295 e. The molecule has 72 valence electrons. The Morgan fingerprint density at radius 3 is 2.25 bits per heavy atom. The summed E-state index contributed by atoms with van der Waals surface area (Å²) in [6, 6.07) is 0. The van der Waals surface area contributed by atoms with E-state index in [0.29, 0.717) is 19.0 Å². The van der Waals surface area contributed by atoms with Crippen LogP contribution in [0.2, 0.25) is 0 Å². The molecule has 1 saturated carbocycles. The third kappa shape index (κ3) is 3.95. The van der Waals surface area contributed by atoms with Gasteiger partial charge in [-0.2, -0.15) is 13.2 Å². The van der Waals surface area contributed by atoms with Gasteiger partial charge in [0, 0.05) is 6.54 Å². The molecule has 0 aromatic rings. The molecule has 0 aromatic heterocycles. The minimum absolute atomic E-state index is 0.496. The molecule has 0 N–H and O–H groups in total. The highest BCUT2D eigenvalue weighted by atomic mass is 19.4. The molecule has 0 aromatic carbocycles. The molecule has 12 heavy (non-hydrogen) atoms. The number of hydrogen-bond acceptors (Lipinski definition) is 1. The molecule has 0 spiro atoms. The standard InChI is InChI=1S/C8H14F3N/c1-2-12(5-7-3-4-7)6-8(9,10)11/h7H,2-6H2,1H3. The highest BCUT2D eigenvalue weighted by Crippen LogP contribution is 2.30. The topological polar surface area (TPSA) is 3.24 Å². The monoisotopic (exact) mass is 181 g/mol. The van der Waals surface area contributed by atoms with Crippen LogP contribution in [-0.2, 0) is 0 Å². The van der Waals surface area contributed by atoms with E-state index in [1.807, 2.05) is 0 Å². The summed E-state index contributed by atoms with van der Waals surface area (Å²) in [5, 5.41) is 0. The summed E-state index contributed by atoms with van der Waals surface area (Å²) in [5.41, 5.74) is 0. The normalized spacial score (nSPS) is 18.8. The van der Waals surface area contributed by atoms with Gasteiger partial charge >= 0.3 is 6.18 Å². The van der Waals surface area contributed by atoms with Crippen LogP contribution in [0.25, 0.3) is 0 Å². The predicted octanol–water partition coefficient (Wildman–Crippen LogP) is 2.28. The Balaban J connectivity index is 2.23. The van der Waals surface area contributed by atoms with E-state index in [1.165, 1.54) is 4.90 Å². The Hall–Kier alpha value is -0.250. The number of alkyl halides is 3. The summed E-state index contributed by atoms with van der Waals surface area (Å²) in [6.45, 7) is 2.14. The fourth-order valence-electron chi connectivity index (χ4n) is 1.22. The van der Waals surface area contributed by atoms with Crippen molar-refractivity contribution in [2.75, 3.05) is 19.6 Å². The minimum Gasteiger partial charge on any atom is -0.295 e. The largest absolute Gasteiger partial charge is 0.401 e. The fourth-order valence-corrected chi connectivity index (χ4v) is 1.22. The van der Waals surface area contributed by atoms with Crippen molar-refractivity contribution < 1.29 is 13.2 Å². The van der Waals surface area contributed by atoms with E-state index < -0.39 is 12.7 Å². The molecule has 0 atom stereocenters. The Bertz CT molecular complexity index is 140. The first-order chi connectivity index (χ1) is 5.51. The Morgan fingerprint density at radius 2 is 1.92 bits per heavy atom. The van der Waals surface area contributed by atoms with Gasteiger partial charge in [0.2, 0.25) is 0 Å². The zero-order chi connectivity index (χ0) is 9.19. The molecule has 1 aliphatic rings. The lowest BCUT2D eigenvalue weighted by molar-refractivity contribution is -0.145. The Kier molecular flexibility index (Phi) is 2.99. The average molecular weight is 181 g/mol. The number of rotatable bonds is 4. The van der Waals surface area contributed by atoms with Gasteiger partial charge < -0.3 is 0 Å². The molecule has 0 heterocycles. The van der Waals surface area contributed by atoms with Gasteiger partial charge in [0.15, 0.2) is 0 Å². The van der Waals surface area contributed by atoms with E-state index in [4.69, 9.17) is 0 Å². The van der Waals surface area contributed by atoms with Crippen LogP contribution in [0.5, 0.6) is 0 Å². The van der Waals surface area contributed by atoms with E-state index in [-0.39, 0.29) is 0 Å². The summed E-state index contributed by atoms with van der Waals surface area (Å²) in [4.78, 5) is 1.47. The van der Waals surface area contributed by atoms with Crippen molar-refractivity contribution in [2.24, 2.45) is 5.92 Å². The zero-order valence-corrected chi connectivity index (χ0v) is 7.19. The van der Waals surface area contributed by atoms with Crippen LogP contribution in [0.1, 0.15) is 19.8 Å². The van der Waals surface area contributed by atoms with Gasteiger partial charge in [-0.1, -0.05) is 6.92 Å². The van der Waals surface area contributed by atoms with Gasteiger partial charge in [0.05, 0.1) is 6.54 Å². The summed E-state index contributed by atoms with van der Waals surface area (Å²) >= 11 is 0. The molecule has 0 unspecified atom stereocenters. The quantitative estimate of drug-likeness (QED) is 0.643. The predicted molar refractivity (Wildman–Crippen MR) is 40.9 cm³/mol. The molecule has 0 radical (unpaired) electrons. The van der Waals surface area contributed by atoms with E-state index in [1.54, 1.807) is 6.92 Å². The molecule has 0 bridgehead atoms. The van der Waals surface area contributed by atoms with Gasteiger partial charge in [-0.15, -0.1) is 0 Å². The summed E-state index contributed by atoms with van der Waals surface area (Å²) in [5.74, 6) is 0.535. The molecule has 0 aliphatic heterocycles. The van der Waals surface area contributed by atoms with Crippen LogP contribution in [0.3, 0.4) is 0 Å². The second-order valence-corrected chi connectivity index (χ2v) is 3.39. The number of nitrogens with zero attached hydrogens (tertiary/aromatic N) is 1. The molecular formula is C8H14F3N. The third-order valence-electron chi connectivity index (χ3n) is 2.06. The van der Waals surface area contributed by atoms with Crippen LogP contribution in [0.4, 0.5) is 13.2 Å². The molecule has 0 saturated heterocycles. The highest BCUT2D eigenvalue weighted by Gasteiger charge is 2.32. The minimum atomic E-state index is -4.04. The van der Waals surface area contributed by atoms with Gasteiger partial charge in [-0.05, 0) is 25.3 Å². The molecule has 1 nitrogen and oxygen atoms in total.